The van der Waals surface area contributed by atoms with Crippen molar-refractivity contribution in [1.82, 2.24) is 19.1 Å². The van der Waals surface area contributed by atoms with E-state index in [1.807, 2.05) is 11.3 Å². The lowest BCUT2D eigenvalue weighted by molar-refractivity contribution is 1.00. The Bertz CT molecular complexity index is 2470. The van der Waals surface area contributed by atoms with Crippen LogP contribution in [-0.4, -0.2) is 19.1 Å². The highest BCUT2D eigenvalue weighted by Crippen LogP contribution is 2.40. The van der Waals surface area contributed by atoms with Crippen molar-refractivity contribution in [3.63, 3.8) is 0 Å². The van der Waals surface area contributed by atoms with Gasteiger partial charge in [0.1, 0.15) is 0 Å². The summed E-state index contributed by atoms with van der Waals surface area (Å²) in [7, 11) is 0. The maximum Gasteiger partial charge on any atom is 0.0966 e. The number of aromatic nitrogens is 4. The van der Waals surface area contributed by atoms with Gasteiger partial charge in [-0.15, -0.1) is 11.3 Å². The maximum absolute atomic E-state index is 4.97. The molecule has 0 saturated carbocycles. The summed E-state index contributed by atoms with van der Waals surface area (Å²) in [6.45, 7) is 4.13. The predicted molar refractivity (Wildman–Crippen MR) is 177 cm³/mol. The second-order valence-corrected chi connectivity index (χ2v) is 12.2. The molecule has 8 aromatic rings. The summed E-state index contributed by atoms with van der Waals surface area (Å²) in [6.07, 6.45) is 9.57. The highest BCUT2D eigenvalue weighted by atomic mass is 32.1. The van der Waals surface area contributed by atoms with Crippen molar-refractivity contribution in [1.29, 1.82) is 0 Å². The van der Waals surface area contributed by atoms with Crippen molar-refractivity contribution in [2.75, 3.05) is 0 Å². The van der Waals surface area contributed by atoms with Gasteiger partial charge in [-0.25, -0.2) is 0 Å². The van der Waals surface area contributed by atoms with Crippen LogP contribution in [0.3, 0.4) is 0 Å². The van der Waals surface area contributed by atoms with E-state index in [1.54, 1.807) is 0 Å². The lowest BCUT2D eigenvalue weighted by Crippen LogP contribution is -2.00. The smallest absolute Gasteiger partial charge is 0.0966 e. The van der Waals surface area contributed by atoms with E-state index in [2.05, 4.69) is 132 Å². The largest absolute Gasteiger partial charge is 0.311 e. The summed E-state index contributed by atoms with van der Waals surface area (Å²) in [5.41, 5.74) is 12.5. The van der Waals surface area contributed by atoms with E-state index in [0.717, 1.165) is 45.6 Å². The molecule has 0 radical (unpaired) electrons. The molecule has 42 heavy (non-hydrogen) atoms. The highest BCUT2D eigenvalue weighted by Gasteiger charge is 2.20. The minimum atomic E-state index is 0.867. The molecule has 5 heterocycles. The number of aryl methyl sites for hydroxylation is 2. The third-order valence-corrected chi connectivity index (χ3v) is 9.67. The Balaban J connectivity index is 1.30. The molecule has 0 saturated heterocycles. The highest BCUT2D eigenvalue weighted by molar-refractivity contribution is 7.25. The van der Waals surface area contributed by atoms with Crippen LogP contribution in [0.2, 0.25) is 0 Å². The first-order chi connectivity index (χ1) is 20.6. The van der Waals surface area contributed by atoms with Gasteiger partial charge in [-0.1, -0.05) is 42.5 Å². The number of fused-ring (bicyclic) bond motifs is 9. The quantitative estimate of drug-likeness (QED) is 0.212. The van der Waals surface area contributed by atoms with Crippen LogP contribution in [0.25, 0.3) is 70.6 Å². The molecule has 3 aromatic carbocycles. The van der Waals surface area contributed by atoms with Crippen LogP contribution < -0.4 is 0 Å². The van der Waals surface area contributed by atoms with E-state index in [0.29, 0.717) is 0 Å². The summed E-state index contributed by atoms with van der Waals surface area (Å²) in [6, 6.07) is 31.0. The van der Waals surface area contributed by atoms with E-state index in [9.17, 15) is 0 Å². The van der Waals surface area contributed by atoms with Crippen LogP contribution >= 0.6 is 11.3 Å². The van der Waals surface area contributed by atoms with Gasteiger partial charge >= 0.3 is 0 Å². The monoisotopic (exact) mass is 558 g/mol. The van der Waals surface area contributed by atoms with Crippen molar-refractivity contribution >= 4 is 70.6 Å². The van der Waals surface area contributed by atoms with Gasteiger partial charge in [-0.05, 0) is 80.6 Å². The Hall–Kier alpha value is -5.00. The third-order valence-electron chi connectivity index (χ3n) is 8.52. The van der Waals surface area contributed by atoms with Gasteiger partial charge in [-0.3, -0.25) is 9.97 Å². The van der Waals surface area contributed by atoms with Crippen molar-refractivity contribution in [3.8, 4) is 11.4 Å². The molecule has 5 heteroatoms. The van der Waals surface area contributed by atoms with Crippen LogP contribution in [0.4, 0.5) is 0 Å². The molecule has 4 nitrogen and oxygen atoms in total. The molecular weight excluding hydrogens is 533 g/mol. The third kappa shape index (κ3) is 3.34. The fourth-order valence-electron chi connectivity index (χ4n) is 6.65. The average Bonchev–Trinajstić information content (AvgIpc) is 3.55. The minimum Gasteiger partial charge on any atom is -0.311 e. The first-order valence-electron chi connectivity index (χ1n) is 14.3. The molecule has 0 N–H and O–H groups in total. The number of thiophene rings is 1. The first kappa shape index (κ1) is 23.7. The normalized spacial score (nSPS) is 13.2. The number of para-hydroxylation sites is 1. The van der Waals surface area contributed by atoms with Crippen LogP contribution in [-0.2, 0) is 6.42 Å². The zero-order chi connectivity index (χ0) is 27.9. The molecule has 0 spiro atoms. The molecule has 0 unspecified atom stereocenters. The summed E-state index contributed by atoms with van der Waals surface area (Å²) in [4.78, 5) is 9.90. The van der Waals surface area contributed by atoms with Gasteiger partial charge in [0, 0.05) is 66.0 Å². The van der Waals surface area contributed by atoms with E-state index in [4.69, 9.17) is 9.97 Å². The van der Waals surface area contributed by atoms with Gasteiger partial charge in [0.05, 0.1) is 27.6 Å². The van der Waals surface area contributed by atoms with E-state index in [1.165, 1.54) is 48.0 Å². The molecule has 0 fully saturated rings. The van der Waals surface area contributed by atoms with Crippen LogP contribution in [0, 0.1) is 13.8 Å². The molecule has 0 amide bonds. The Morgan fingerprint density at radius 3 is 2.05 bits per heavy atom. The van der Waals surface area contributed by atoms with Crippen molar-refractivity contribution < 1.29 is 0 Å². The number of allylic oxidation sites excluding steroid dienone is 3. The SMILES string of the molecule is Cc1ccc2c(n1)c1c(n2-c2ccc3sc4ccc(-n5c6ccccc6c6nc(C)ccc65)cc4c3c2)CC=CC=C1. The molecule has 5 aromatic heterocycles. The van der Waals surface area contributed by atoms with E-state index < -0.39 is 0 Å². The lowest BCUT2D eigenvalue weighted by atomic mass is 10.1. The van der Waals surface area contributed by atoms with Crippen LogP contribution in [0.1, 0.15) is 22.6 Å². The fourth-order valence-corrected chi connectivity index (χ4v) is 7.71. The predicted octanol–water partition coefficient (Wildman–Crippen LogP) is 9.63. The summed E-state index contributed by atoms with van der Waals surface area (Å²) >= 11 is 1.85. The van der Waals surface area contributed by atoms with Crippen molar-refractivity contribution in [2.45, 2.75) is 20.3 Å². The Kier molecular flexibility index (Phi) is 4.93. The van der Waals surface area contributed by atoms with E-state index >= 15 is 0 Å². The minimum absolute atomic E-state index is 0.867. The van der Waals surface area contributed by atoms with Crippen LogP contribution in [0.15, 0.2) is 103 Å². The number of hydrogen-bond donors (Lipinski definition) is 0. The Morgan fingerprint density at radius 2 is 1.29 bits per heavy atom. The maximum atomic E-state index is 4.97. The van der Waals surface area contributed by atoms with Crippen molar-refractivity contribution in [3.05, 3.63) is 126 Å². The number of rotatable bonds is 2. The van der Waals surface area contributed by atoms with Gasteiger partial charge in [0.15, 0.2) is 0 Å². The van der Waals surface area contributed by atoms with E-state index in [-0.39, 0.29) is 0 Å². The first-order valence-corrected chi connectivity index (χ1v) is 15.1. The number of pyridine rings is 2. The van der Waals surface area contributed by atoms with Crippen molar-refractivity contribution in [2.24, 2.45) is 0 Å². The fraction of sp³-hybridized carbons (Fsp3) is 0.0811. The van der Waals surface area contributed by atoms with Gasteiger partial charge in [0.25, 0.3) is 0 Å². The number of hydrogen-bond acceptors (Lipinski definition) is 3. The molecule has 1 aliphatic carbocycles. The topological polar surface area (TPSA) is 35.6 Å². The Morgan fingerprint density at radius 1 is 0.619 bits per heavy atom. The molecule has 200 valence electrons. The van der Waals surface area contributed by atoms with Gasteiger partial charge < -0.3 is 9.13 Å². The number of benzene rings is 3. The summed E-state index contributed by atoms with van der Waals surface area (Å²) < 4.78 is 7.35. The molecule has 0 atom stereocenters. The average molecular weight is 559 g/mol. The lowest BCUT2D eigenvalue weighted by Gasteiger charge is -2.11. The second-order valence-electron chi connectivity index (χ2n) is 11.1. The van der Waals surface area contributed by atoms with Gasteiger partial charge in [-0.2, -0.15) is 0 Å². The molecule has 0 bridgehead atoms. The Labute approximate surface area is 246 Å². The molecule has 1 aliphatic rings. The molecule has 0 aliphatic heterocycles. The number of nitrogens with zero attached hydrogens (tertiary/aromatic N) is 4. The second kappa shape index (κ2) is 8.75. The molecular formula is C37H26N4S. The summed E-state index contributed by atoms with van der Waals surface area (Å²) in [5, 5.41) is 3.73. The van der Waals surface area contributed by atoms with Crippen LogP contribution in [0.5, 0.6) is 0 Å². The molecule has 9 rings (SSSR count). The zero-order valence-corrected chi connectivity index (χ0v) is 24.1. The standard InChI is InChI=1S/C37H26N4S/c1-22-12-16-32-36(38-22)26-8-4-3-5-10-30(26)40(32)24-14-18-34-28(20-24)29-21-25(15-19-35(29)42-34)41-31-11-7-6-9-27(31)37-33(41)17-13-23(2)39-37/h3-9,11-21H,10H2,1-2H3. The summed E-state index contributed by atoms with van der Waals surface area (Å²) in [5.74, 6) is 0. The van der Waals surface area contributed by atoms with Gasteiger partial charge in [0.2, 0.25) is 0 Å². The zero-order valence-electron chi connectivity index (χ0n) is 23.3.